The van der Waals surface area contributed by atoms with Gasteiger partial charge in [-0.1, -0.05) is 31.4 Å². The SMILES string of the molecule is CCOc1cccc(C(NN)C(OC)C2CCCCC2)c1. The van der Waals surface area contributed by atoms with Crippen LogP contribution in [0, 0.1) is 5.92 Å². The predicted molar refractivity (Wildman–Crippen MR) is 85.0 cm³/mol. The molecular weight excluding hydrogens is 264 g/mol. The van der Waals surface area contributed by atoms with Crippen molar-refractivity contribution in [3.8, 4) is 5.75 Å². The highest BCUT2D eigenvalue weighted by atomic mass is 16.5. The Balaban J connectivity index is 2.17. The minimum atomic E-state index is -0.00138. The third-order valence-electron chi connectivity index (χ3n) is 4.42. The van der Waals surface area contributed by atoms with Crippen molar-refractivity contribution in [2.24, 2.45) is 11.8 Å². The van der Waals surface area contributed by atoms with E-state index in [0.717, 1.165) is 11.3 Å². The number of methoxy groups -OCH3 is 1. The maximum atomic E-state index is 5.84. The number of rotatable bonds is 7. The first-order valence-corrected chi connectivity index (χ1v) is 8.01. The molecule has 0 radical (unpaired) electrons. The molecule has 118 valence electrons. The molecule has 0 bridgehead atoms. The molecule has 1 saturated carbocycles. The highest BCUT2D eigenvalue weighted by Crippen LogP contribution is 2.34. The molecule has 4 heteroatoms. The van der Waals surface area contributed by atoms with Crippen LogP contribution in [-0.4, -0.2) is 19.8 Å². The second-order valence-corrected chi connectivity index (χ2v) is 5.75. The summed E-state index contributed by atoms with van der Waals surface area (Å²) < 4.78 is 11.4. The molecule has 0 spiro atoms. The largest absolute Gasteiger partial charge is 0.494 e. The first-order valence-electron chi connectivity index (χ1n) is 8.01. The fraction of sp³-hybridized carbons (Fsp3) is 0.647. The van der Waals surface area contributed by atoms with Crippen LogP contribution in [-0.2, 0) is 4.74 Å². The lowest BCUT2D eigenvalue weighted by Crippen LogP contribution is -2.42. The molecule has 3 N–H and O–H groups in total. The second kappa shape index (κ2) is 8.37. The van der Waals surface area contributed by atoms with E-state index < -0.39 is 0 Å². The van der Waals surface area contributed by atoms with Gasteiger partial charge in [-0.15, -0.1) is 0 Å². The van der Waals surface area contributed by atoms with E-state index in [1.165, 1.54) is 32.1 Å². The average molecular weight is 292 g/mol. The number of benzene rings is 1. The zero-order valence-corrected chi connectivity index (χ0v) is 13.2. The molecule has 1 aromatic carbocycles. The van der Waals surface area contributed by atoms with Crippen LogP contribution >= 0.6 is 0 Å². The maximum Gasteiger partial charge on any atom is 0.119 e. The molecule has 0 saturated heterocycles. The Kier molecular flexibility index (Phi) is 6.49. The molecule has 1 fully saturated rings. The summed E-state index contributed by atoms with van der Waals surface area (Å²) in [6.07, 6.45) is 6.48. The Morgan fingerprint density at radius 2 is 2.05 bits per heavy atom. The van der Waals surface area contributed by atoms with Crippen LogP contribution in [0.15, 0.2) is 24.3 Å². The summed E-state index contributed by atoms with van der Waals surface area (Å²) in [5.74, 6) is 7.29. The molecule has 0 aromatic heterocycles. The first-order chi connectivity index (χ1) is 10.3. The summed E-state index contributed by atoms with van der Waals surface area (Å²) in [7, 11) is 1.79. The number of nitrogens with two attached hydrogens (primary N) is 1. The summed E-state index contributed by atoms with van der Waals surface area (Å²) >= 11 is 0. The molecule has 21 heavy (non-hydrogen) atoms. The predicted octanol–water partition coefficient (Wildman–Crippen LogP) is 3.19. The number of hydrogen-bond acceptors (Lipinski definition) is 4. The van der Waals surface area contributed by atoms with Crippen LogP contribution < -0.4 is 16.0 Å². The van der Waals surface area contributed by atoms with Crippen molar-refractivity contribution in [2.45, 2.75) is 51.2 Å². The fourth-order valence-corrected chi connectivity index (χ4v) is 3.41. The van der Waals surface area contributed by atoms with E-state index in [9.17, 15) is 0 Å². The summed E-state index contributed by atoms with van der Waals surface area (Å²) in [6, 6.07) is 8.13. The van der Waals surface area contributed by atoms with E-state index in [0.29, 0.717) is 12.5 Å². The fourth-order valence-electron chi connectivity index (χ4n) is 3.41. The van der Waals surface area contributed by atoms with Gasteiger partial charge in [-0.05, 0) is 43.4 Å². The van der Waals surface area contributed by atoms with Crippen LogP contribution in [0.3, 0.4) is 0 Å². The quantitative estimate of drug-likeness (QED) is 0.598. The lowest BCUT2D eigenvalue weighted by atomic mass is 9.81. The van der Waals surface area contributed by atoms with E-state index >= 15 is 0 Å². The standard InChI is InChI=1S/C17H28N2O2/c1-3-21-15-11-7-10-14(12-15)16(19-18)17(20-2)13-8-5-4-6-9-13/h7,10-13,16-17,19H,3-6,8-9,18H2,1-2H3. The van der Waals surface area contributed by atoms with Gasteiger partial charge in [0.2, 0.25) is 0 Å². The first kappa shape index (κ1) is 16.3. The topological polar surface area (TPSA) is 56.5 Å². The molecule has 2 atom stereocenters. The minimum Gasteiger partial charge on any atom is -0.494 e. The van der Waals surface area contributed by atoms with Crippen molar-refractivity contribution >= 4 is 0 Å². The van der Waals surface area contributed by atoms with Crippen molar-refractivity contribution < 1.29 is 9.47 Å². The Bertz CT molecular complexity index is 419. The normalized spacial score (nSPS) is 19.2. The van der Waals surface area contributed by atoms with Gasteiger partial charge < -0.3 is 9.47 Å². The van der Waals surface area contributed by atoms with Gasteiger partial charge in [0.15, 0.2) is 0 Å². The third kappa shape index (κ3) is 4.19. The maximum absolute atomic E-state index is 5.84. The van der Waals surface area contributed by atoms with Crippen molar-refractivity contribution in [1.29, 1.82) is 0 Å². The summed E-state index contributed by atoms with van der Waals surface area (Å²) in [5.41, 5.74) is 4.08. The Labute approximate surface area is 128 Å². The van der Waals surface area contributed by atoms with Crippen LogP contribution in [0.5, 0.6) is 5.75 Å². The van der Waals surface area contributed by atoms with Crippen molar-refractivity contribution in [3.63, 3.8) is 0 Å². The van der Waals surface area contributed by atoms with Gasteiger partial charge in [0.25, 0.3) is 0 Å². The minimum absolute atomic E-state index is 0.00138. The molecule has 1 aliphatic rings. The zero-order chi connectivity index (χ0) is 15.1. The third-order valence-corrected chi connectivity index (χ3v) is 4.42. The van der Waals surface area contributed by atoms with Gasteiger partial charge in [0, 0.05) is 7.11 Å². The van der Waals surface area contributed by atoms with Crippen molar-refractivity contribution in [3.05, 3.63) is 29.8 Å². The Hall–Kier alpha value is -1.10. The molecule has 0 amide bonds. The Morgan fingerprint density at radius 3 is 2.67 bits per heavy atom. The summed E-state index contributed by atoms with van der Waals surface area (Å²) in [5, 5.41) is 0. The van der Waals surface area contributed by atoms with E-state index in [1.54, 1.807) is 7.11 Å². The molecule has 1 aliphatic carbocycles. The lowest BCUT2D eigenvalue weighted by Gasteiger charge is -2.34. The molecule has 0 heterocycles. The molecule has 0 aliphatic heterocycles. The van der Waals surface area contributed by atoms with Crippen molar-refractivity contribution in [1.82, 2.24) is 5.43 Å². The van der Waals surface area contributed by atoms with Crippen molar-refractivity contribution in [2.75, 3.05) is 13.7 Å². The number of ether oxygens (including phenoxy) is 2. The number of nitrogens with one attached hydrogen (secondary N) is 1. The molecular formula is C17H28N2O2. The average Bonchev–Trinajstić information content (AvgIpc) is 2.54. The molecule has 2 rings (SSSR count). The van der Waals surface area contributed by atoms with Gasteiger partial charge in [0.1, 0.15) is 5.75 Å². The van der Waals surface area contributed by atoms with Crippen LogP contribution in [0.1, 0.15) is 50.6 Å². The van der Waals surface area contributed by atoms with E-state index in [1.807, 2.05) is 19.1 Å². The van der Waals surface area contributed by atoms with Crippen LogP contribution in [0.4, 0.5) is 0 Å². The van der Waals surface area contributed by atoms with Gasteiger partial charge in [-0.25, -0.2) is 0 Å². The van der Waals surface area contributed by atoms with E-state index in [4.69, 9.17) is 15.3 Å². The highest BCUT2D eigenvalue weighted by Gasteiger charge is 2.31. The van der Waals surface area contributed by atoms with Crippen LogP contribution in [0.25, 0.3) is 0 Å². The number of hydrogen-bond donors (Lipinski definition) is 2. The lowest BCUT2D eigenvalue weighted by molar-refractivity contribution is 0.00745. The van der Waals surface area contributed by atoms with E-state index in [2.05, 4.69) is 17.6 Å². The highest BCUT2D eigenvalue weighted by molar-refractivity contribution is 5.31. The van der Waals surface area contributed by atoms with Gasteiger partial charge in [-0.2, -0.15) is 0 Å². The number of hydrazine groups is 1. The van der Waals surface area contributed by atoms with Gasteiger partial charge in [0.05, 0.1) is 18.8 Å². The monoisotopic (exact) mass is 292 g/mol. The summed E-state index contributed by atoms with van der Waals surface area (Å²) in [6.45, 7) is 2.66. The summed E-state index contributed by atoms with van der Waals surface area (Å²) in [4.78, 5) is 0. The second-order valence-electron chi connectivity index (χ2n) is 5.75. The van der Waals surface area contributed by atoms with Gasteiger partial charge in [-0.3, -0.25) is 11.3 Å². The molecule has 1 aromatic rings. The van der Waals surface area contributed by atoms with Crippen LogP contribution in [0.2, 0.25) is 0 Å². The van der Waals surface area contributed by atoms with E-state index in [-0.39, 0.29) is 12.1 Å². The molecule has 4 nitrogen and oxygen atoms in total. The zero-order valence-electron chi connectivity index (χ0n) is 13.2. The molecule has 2 unspecified atom stereocenters. The Morgan fingerprint density at radius 1 is 1.29 bits per heavy atom. The van der Waals surface area contributed by atoms with Gasteiger partial charge >= 0.3 is 0 Å². The smallest absolute Gasteiger partial charge is 0.119 e.